The van der Waals surface area contributed by atoms with Crippen molar-refractivity contribution < 1.29 is 22.7 Å². The lowest BCUT2D eigenvalue weighted by Crippen LogP contribution is -2.43. The molecule has 0 atom stereocenters. The molecule has 1 aromatic carbocycles. The highest BCUT2D eigenvalue weighted by Crippen LogP contribution is 2.13. The summed E-state index contributed by atoms with van der Waals surface area (Å²) in [4.78, 5) is 11.8. The summed E-state index contributed by atoms with van der Waals surface area (Å²) < 4.78 is 36.0. The Hall–Kier alpha value is -1.64. The summed E-state index contributed by atoms with van der Waals surface area (Å²) in [5.41, 5.74) is 1.21. The molecule has 1 aliphatic rings. The Morgan fingerprint density at radius 2 is 1.88 bits per heavy atom. The van der Waals surface area contributed by atoms with Gasteiger partial charge < -0.3 is 14.8 Å². The first-order valence-electron chi connectivity index (χ1n) is 8.96. The highest BCUT2D eigenvalue weighted by atomic mass is 32.2. The van der Waals surface area contributed by atoms with Gasteiger partial charge in [0, 0.05) is 26.1 Å². The fraction of sp³-hybridized carbons (Fsp3) is 0.611. The second-order valence-electron chi connectivity index (χ2n) is 6.23. The molecule has 0 bridgehead atoms. The number of sulfonamides is 1. The van der Waals surface area contributed by atoms with E-state index in [9.17, 15) is 13.2 Å². The van der Waals surface area contributed by atoms with E-state index < -0.39 is 10.0 Å². The third kappa shape index (κ3) is 6.93. The summed E-state index contributed by atoms with van der Waals surface area (Å²) >= 11 is 0. The Morgan fingerprint density at radius 3 is 2.54 bits per heavy atom. The lowest BCUT2D eigenvalue weighted by atomic mass is 10.1. The van der Waals surface area contributed by atoms with E-state index in [4.69, 9.17) is 9.47 Å². The van der Waals surface area contributed by atoms with Gasteiger partial charge in [0.1, 0.15) is 5.75 Å². The van der Waals surface area contributed by atoms with Crippen LogP contribution in [0.2, 0.25) is 0 Å². The van der Waals surface area contributed by atoms with Crippen LogP contribution in [0.4, 0.5) is 0 Å². The normalized spacial score (nSPS) is 15.6. The number of nitrogens with one attached hydrogen (secondary N) is 1. The third-order valence-electron chi connectivity index (χ3n) is 4.32. The second-order valence-corrected chi connectivity index (χ2v) is 8.32. The number of morpholine rings is 1. The number of amides is 1. The third-order valence-corrected chi connectivity index (χ3v) is 6.20. The summed E-state index contributed by atoms with van der Waals surface area (Å²) in [7, 11) is -1.68. The Morgan fingerprint density at radius 1 is 1.19 bits per heavy atom. The van der Waals surface area contributed by atoms with Gasteiger partial charge >= 0.3 is 0 Å². The van der Waals surface area contributed by atoms with E-state index in [0.29, 0.717) is 32.7 Å². The van der Waals surface area contributed by atoms with Crippen molar-refractivity contribution in [3.05, 3.63) is 29.8 Å². The number of hydrogen-bond acceptors (Lipinski definition) is 5. The molecular formula is C18H28N2O5S. The number of rotatable bonds is 10. The number of benzene rings is 1. The highest BCUT2D eigenvalue weighted by molar-refractivity contribution is 7.89. The van der Waals surface area contributed by atoms with E-state index in [1.807, 2.05) is 24.3 Å². The Kier molecular flexibility index (Phi) is 8.34. The first-order chi connectivity index (χ1) is 12.5. The lowest BCUT2D eigenvalue weighted by molar-refractivity contribution is -0.121. The second kappa shape index (κ2) is 10.5. The standard InChI is InChI=1S/C18H28N2O5S/c1-24-17-8-6-16(7-9-17)4-2-3-5-18(21)19-10-15-26(22,23)20-11-13-25-14-12-20/h6-9H,2-5,10-15H2,1H3,(H,19,21). The van der Waals surface area contributed by atoms with Crippen LogP contribution >= 0.6 is 0 Å². The number of methoxy groups -OCH3 is 1. The molecule has 2 rings (SSSR count). The maximum Gasteiger partial charge on any atom is 0.220 e. The van der Waals surface area contributed by atoms with Gasteiger partial charge in [0.25, 0.3) is 0 Å². The van der Waals surface area contributed by atoms with E-state index in [1.54, 1.807) is 7.11 Å². The summed E-state index contributed by atoms with van der Waals surface area (Å²) in [6.45, 7) is 1.79. The predicted molar refractivity (Wildman–Crippen MR) is 99.7 cm³/mol. The van der Waals surface area contributed by atoms with Gasteiger partial charge in [-0.15, -0.1) is 0 Å². The van der Waals surface area contributed by atoms with Gasteiger partial charge in [0.2, 0.25) is 15.9 Å². The molecule has 1 heterocycles. The van der Waals surface area contributed by atoms with E-state index in [0.717, 1.165) is 25.0 Å². The molecule has 1 fully saturated rings. The minimum atomic E-state index is -3.32. The summed E-state index contributed by atoms with van der Waals surface area (Å²) in [5.74, 6) is 0.669. The van der Waals surface area contributed by atoms with Crippen molar-refractivity contribution in [2.45, 2.75) is 25.7 Å². The number of ether oxygens (including phenoxy) is 2. The Bertz CT molecular complexity index is 655. The molecule has 0 radical (unpaired) electrons. The zero-order valence-corrected chi connectivity index (χ0v) is 16.1. The molecular weight excluding hydrogens is 356 g/mol. The highest BCUT2D eigenvalue weighted by Gasteiger charge is 2.23. The van der Waals surface area contributed by atoms with Gasteiger partial charge in [0.15, 0.2) is 0 Å². The molecule has 1 amide bonds. The topological polar surface area (TPSA) is 84.9 Å². The molecule has 1 saturated heterocycles. The van der Waals surface area contributed by atoms with Gasteiger partial charge in [0.05, 0.1) is 26.1 Å². The quantitative estimate of drug-likeness (QED) is 0.613. The van der Waals surface area contributed by atoms with Crippen molar-refractivity contribution in [1.82, 2.24) is 9.62 Å². The molecule has 0 aliphatic carbocycles. The number of carbonyl (C=O) groups is 1. The van der Waals surface area contributed by atoms with E-state index in [-0.39, 0.29) is 18.2 Å². The molecule has 1 aromatic rings. The first kappa shape index (κ1) is 20.7. The predicted octanol–water partition coefficient (Wildman–Crippen LogP) is 1.19. The fourth-order valence-electron chi connectivity index (χ4n) is 2.77. The first-order valence-corrected chi connectivity index (χ1v) is 10.6. The molecule has 8 heteroatoms. The molecule has 146 valence electrons. The van der Waals surface area contributed by atoms with Crippen molar-refractivity contribution in [2.24, 2.45) is 0 Å². The minimum Gasteiger partial charge on any atom is -0.497 e. The van der Waals surface area contributed by atoms with Crippen LogP contribution in [0.15, 0.2) is 24.3 Å². The van der Waals surface area contributed by atoms with E-state index in [2.05, 4.69) is 5.32 Å². The van der Waals surface area contributed by atoms with Crippen LogP contribution < -0.4 is 10.1 Å². The summed E-state index contributed by atoms with van der Waals surface area (Å²) in [6, 6.07) is 7.90. The van der Waals surface area contributed by atoms with Crippen molar-refractivity contribution in [3.63, 3.8) is 0 Å². The molecule has 0 unspecified atom stereocenters. The zero-order chi connectivity index (χ0) is 18.8. The zero-order valence-electron chi connectivity index (χ0n) is 15.3. The molecule has 0 aromatic heterocycles. The molecule has 26 heavy (non-hydrogen) atoms. The summed E-state index contributed by atoms with van der Waals surface area (Å²) in [5, 5.41) is 2.70. The van der Waals surface area contributed by atoms with Gasteiger partial charge in [-0.25, -0.2) is 8.42 Å². The number of hydrogen-bond donors (Lipinski definition) is 1. The van der Waals surface area contributed by atoms with Crippen LogP contribution in [0.5, 0.6) is 5.75 Å². The monoisotopic (exact) mass is 384 g/mol. The van der Waals surface area contributed by atoms with E-state index >= 15 is 0 Å². The molecule has 7 nitrogen and oxygen atoms in total. The Balaban J connectivity index is 1.58. The van der Waals surface area contributed by atoms with Gasteiger partial charge in [-0.05, 0) is 37.0 Å². The number of unbranched alkanes of at least 4 members (excludes halogenated alkanes) is 1. The number of carbonyl (C=O) groups excluding carboxylic acids is 1. The van der Waals surface area contributed by atoms with Crippen LogP contribution in [0, 0.1) is 0 Å². The van der Waals surface area contributed by atoms with Crippen LogP contribution in [0.25, 0.3) is 0 Å². The van der Waals surface area contributed by atoms with Crippen LogP contribution in [-0.4, -0.2) is 64.3 Å². The smallest absolute Gasteiger partial charge is 0.220 e. The lowest BCUT2D eigenvalue weighted by Gasteiger charge is -2.26. The van der Waals surface area contributed by atoms with Crippen molar-refractivity contribution in [2.75, 3.05) is 45.7 Å². The molecule has 0 saturated carbocycles. The van der Waals surface area contributed by atoms with Gasteiger partial charge in [-0.1, -0.05) is 12.1 Å². The number of nitrogens with zero attached hydrogens (tertiary/aromatic N) is 1. The van der Waals surface area contributed by atoms with E-state index in [1.165, 1.54) is 9.87 Å². The SMILES string of the molecule is COc1ccc(CCCCC(=O)NCCS(=O)(=O)N2CCOCC2)cc1. The van der Waals surface area contributed by atoms with Crippen LogP contribution in [0.3, 0.4) is 0 Å². The Labute approximate surface area is 155 Å². The largest absolute Gasteiger partial charge is 0.497 e. The fourth-order valence-corrected chi connectivity index (χ4v) is 4.09. The molecule has 0 spiro atoms. The van der Waals surface area contributed by atoms with Gasteiger partial charge in [-0.3, -0.25) is 4.79 Å². The molecule has 1 aliphatic heterocycles. The maximum absolute atomic E-state index is 12.1. The minimum absolute atomic E-state index is 0.0649. The molecule has 1 N–H and O–H groups in total. The van der Waals surface area contributed by atoms with Crippen molar-refractivity contribution in [3.8, 4) is 5.75 Å². The average Bonchev–Trinajstić information content (AvgIpc) is 2.66. The maximum atomic E-state index is 12.1. The number of aryl methyl sites for hydroxylation is 1. The van der Waals surface area contributed by atoms with Crippen LogP contribution in [-0.2, 0) is 26.0 Å². The van der Waals surface area contributed by atoms with Crippen molar-refractivity contribution >= 4 is 15.9 Å². The van der Waals surface area contributed by atoms with Crippen LogP contribution in [0.1, 0.15) is 24.8 Å². The average molecular weight is 384 g/mol. The van der Waals surface area contributed by atoms with Gasteiger partial charge in [-0.2, -0.15) is 4.31 Å². The van der Waals surface area contributed by atoms with Crippen molar-refractivity contribution in [1.29, 1.82) is 0 Å². The summed E-state index contributed by atoms with van der Waals surface area (Å²) in [6.07, 6.45) is 3.00.